The molecule has 1 aliphatic rings. The van der Waals surface area contributed by atoms with Crippen LogP contribution in [0.25, 0.3) is 0 Å². The van der Waals surface area contributed by atoms with Crippen molar-refractivity contribution < 1.29 is 0 Å². The van der Waals surface area contributed by atoms with E-state index in [1.54, 1.807) is 0 Å². The van der Waals surface area contributed by atoms with Crippen LogP contribution in [0.5, 0.6) is 0 Å². The van der Waals surface area contributed by atoms with Crippen molar-refractivity contribution in [2.24, 2.45) is 5.73 Å². The van der Waals surface area contributed by atoms with E-state index in [1.807, 2.05) is 18.2 Å². The highest BCUT2D eigenvalue weighted by Gasteiger charge is 2.16. The Bertz CT molecular complexity index is 299. The number of anilines is 1. The van der Waals surface area contributed by atoms with Crippen LogP contribution in [-0.4, -0.2) is 12.6 Å². The monoisotopic (exact) mass is 182 g/mol. The van der Waals surface area contributed by atoms with Gasteiger partial charge in [-0.1, -0.05) is 17.7 Å². The zero-order valence-electron chi connectivity index (χ0n) is 6.68. The van der Waals surface area contributed by atoms with Crippen LogP contribution in [0.15, 0.2) is 18.2 Å². The van der Waals surface area contributed by atoms with Crippen LogP contribution in [0.4, 0.5) is 5.69 Å². The van der Waals surface area contributed by atoms with Crippen molar-refractivity contribution in [1.29, 1.82) is 0 Å². The lowest BCUT2D eigenvalue weighted by molar-refractivity contribution is 0.679. The highest BCUT2D eigenvalue weighted by atomic mass is 35.5. The van der Waals surface area contributed by atoms with Crippen LogP contribution in [0.3, 0.4) is 0 Å². The second-order valence-corrected chi connectivity index (χ2v) is 3.52. The van der Waals surface area contributed by atoms with Gasteiger partial charge in [0.05, 0.1) is 0 Å². The Morgan fingerprint density at radius 1 is 1.50 bits per heavy atom. The number of nitrogens with one attached hydrogen (secondary N) is 1. The van der Waals surface area contributed by atoms with Crippen LogP contribution in [0.2, 0.25) is 5.02 Å². The third kappa shape index (κ3) is 1.28. The van der Waals surface area contributed by atoms with Crippen molar-refractivity contribution in [3.05, 3.63) is 28.8 Å². The van der Waals surface area contributed by atoms with Crippen molar-refractivity contribution in [3.63, 3.8) is 0 Å². The standard InChI is InChI=1S/C9H11ClN2/c10-8-2-1-3-9-7(8)4-6(11)5-12-9/h1-3,6,12H,4-5,11H2. The molecule has 12 heavy (non-hydrogen) atoms. The lowest BCUT2D eigenvalue weighted by Gasteiger charge is -2.23. The van der Waals surface area contributed by atoms with E-state index in [0.29, 0.717) is 0 Å². The molecular formula is C9H11ClN2. The Morgan fingerprint density at radius 2 is 2.33 bits per heavy atom. The Morgan fingerprint density at radius 3 is 3.17 bits per heavy atom. The summed E-state index contributed by atoms with van der Waals surface area (Å²) in [7, 11) is 0. The Balaban J connectivity index is 2.43. The molecule has 1 aromatic carbocycles. The molecule has 1 aromatic rings. The summed E-state index contributed by atoms with van der Waals surface area (Å²) < 4.78 is 0. The van der Waals surface area contributed by atoms with Crippen molar-refractivity contribution in [2.75, 3.05) is 11.9 Å². The minimum absolute atomic E-state index is 0.192. The van der Waals surface area contributed by atoms with E-state index < -0.39 is 0 Å². The summed E-state index contributed by atoms with van der Waals surface area (Å²) in [6.07, 6.45) is 0.877. The molecule has 2 rings (SSSR count). The van der Waals surface area contributed by atoms with Crippen LogP contribution >= 0.6 is 11.6 Å². The van der Waals surface area contributed by atoms with Gasteiger partial charge in [-0.3, -0.25) is 0 Å². The van der Waals surface area contributed by atoms with E-state index in [2.05, 4.69) is 5.32 Å². The zero-order chi connectivity index (χ0) is 8.55. The molecule has 1 unspecified atom stereocenters. The molecule has 0 bridgehead atoms. The van der Waals surface area contributed by atoms with Gasteiger partial charge >= 0.3 is 0 Å². The molecular weight excluding hydrogens is 172 g/mol. The van der Waals surface area contributed by atoms with E-state index in [1.165, 1.54) is 0 Å². The van der Waals surface area contributed by atoms with Crippen molar-refractivity contribution in [2.45, 2.75) is 12.5 Å². The maximum Gasteiger partial charge on any atom is 0.0459 e. The highest BCUT2D eigenvalue weighted by molar-refractivity contribution is 6.31. The molecule has 0 aliphatic carbocycles. The molecule has 0 aromatic heterocycles. The van der Waals surface area contributed by atoms with E-state index in [-0.39, 0.29) is 6.04 Å². The summed E-state index contributed by atoms with van der Waals surface area (Å²) in [6.45, 7) is 0.841. The van der Waals surface area contributed by atoms with Gasteiger partial charge in [-0.2, -0.15) is 0 Å². The van der Waals surface area contributed by atoms with Crippen LogP contribution in [0, 0.1) is 0 Å². The normalized spacial score (nSPS) is 21.3. The Kier molecular flexibility index (Phi) is 1.95. The molecule has 0 saturated carbocycles. The minimum atomic E-state index is 0.192. The maximum absolute atomic E-state index is 6.01. The van der Waals surface area contributed by atoms with Gasteiger partial charge in [0.25, 0.3) is 0 Å². The van der Waals surface area contributed by atoms with E-state index in [9.17, 15) is 0 Å². The smallest absolute Gasteiger partial charge is 0.0459 e. The molecule has 0 saturated heterocycles. The van der Waals surface area contributed by atoms with E-state index in [0.717, 1.165) is 29.2 Å². The summed E-state index contributed by atoms with van der Waals surface area (Å²) in [6, 6.07) is 6.08. The van der Waals surface area contributed by atoms with Crippen molar-refractivity contribution in [1.82, 2.24) is 0 Å². The first-order valence-corrected chi connectivity index (χ1v) is 4.42. The van der Waals surface area contributed by atoms with E-state index >= 15 is 0 Å². The van der Waals surface area contributed by atoms with Gasteiger partial charge in [0, 0.05) is 23.3 Å². The van der Waals surface area contributed by atoms with Gasteiger partial charge in [0.15, 0.2) is 0 Å². The van der Waals surface area contributed by atoms with Gasteiger partial charge < -0.3 is 11.1 Å². The lowest BCUT2D eigenvalue weighted by Crippen LogP contribution is -2.35. The zero-order valence-corrected chi connectivity index (χ0v) is 7.43. The number of nitrogens with two attached hydrogens (primary N) is 1. The van der Waals surface area contributed by atoms with Crippen LogP contribution < -0.4 is 11.1 Å². The third-order valence-corrected chi connectivity index (χ3v) is 2.49. The molecule has 1 heterocycles. The topological polar surface area (TPSA) is 38.0 Å². The maximum atomic E-state index is 6.01. The fourth-order valence-corrected chi connectivity index (χ4v) is 1.76. The van der Waals surface area contributed by atoms with Gasteiger partial charge in [-0.15, -0.1) is 0 Å². The average molecular weight is 183 g/mol. The number of hydrogen-bond donors (Lipinski definition) is 2. The molecule has 64 valence electrons. The molecule has 1 atom stereocenters. The number of hydrogen-bond acceptors (Lipinski definition) is 2. The number of benzene rings is 1. The average Bonchev–Trinajstić information content (AvgIpc) is 2.07. The first-order valence-electron chi connectivity index (χ1n) is 4.04. The minimum Gasteiger partial charge on any atom is -0.383 e. The van der Waals surface area contributed by atoms with Gasteiger partial charge in [0.2, 0.25) is 0 Å². The second-order valence-electron chi connectivity index (χ2n) is 3.11. The molecule has 1 aliphatic heterocycles. The summed E-state index contributed by atoms with van der Waals surface area (Å²) in [4.78, 5) is 0. The highest BCUT2D eigenvalue weighted by Crippen LogP contribution is 2.27. The molecule has 0 radical (unpaired) electrons. The number of rotatable bonds is 0. The molecule has 0 spiro atoms. The SMILES string of the molecule is NC1CNc2cccc(Cl)c2C1. The Hall–Kier alpha value is -0.730. The molecule has 3 heteroatoms. The first kappa shape index (κ1) is 7.90. The summed E-state index contributed by atoms with van der Waals surface area (Å²) >= 11 is 6.01. The number of fused-ring (bicyclic) bond motifs is 1. The van der Waals surface area contributed by atoms with Gasteiger partial charge in [0.1, 0.15) is 0 Å². The predicted octanol–water partition coefficient (Wildman–Crippen LogP) is 1.64. The lowest BCUT2D eigenvalue weighted by atomic mass is 10.0. The van der Waals surface area contributed by atoms with Crippen molar-refractivity contribution >= 4 is 17.3 Å². The second kappa shape index (κ2) is 2.96. The molecule has 3 N–H and O–H groups in total. The summed E-state index contributed by atoms with van der Waals surface area (Å²) in [5.74, 6) is 0. The number of halogens is 1. The summed E-state index contributed by atoms with van der Waals surface area (Å²) in [5, 5.41) is 4.06. The first-order chi connectivity index (χ1) is 5.77. The molecule has 0 amide bonds. The van der Waals surface area contributed by atoms with Crippen molar-refractivity contribution in [3.8, 4) is 0 Å². The Labute approximate surface area is 76.7 Å². The van der Waals surface area contributed by atoms with E-state index in [4.69, 9.17) is 17.3 Å². The fraction of sp³-hybridized carbons (Fsp3) is 0.333. The fourth-order valence-electron chi connectivity index (χ4n) is 1.51. The molecule has 2 nitrogen and oxygen atoms in total. The summed E-state index contributed by atoms with van der Waals surface area (Å²) in [5.41, 5.74) is 8.08. The third-order valence-electron chi connectivity index (χ3n) is 2.14. The largest absolute Gasteiger partial charge is 0.383 e. The van der Waals surface area contributed by atoms with Crippen LogP contribution in [0.1, 0.15) is 5.56 Å². The van der Waals surface area contributed by atoms with Gasteiger partial charge in [-0.05, 0) is 24.1 Å². The molecule has 0 fully saturated rings. The quantitative estimate of drug-likeness (QED) is 0.640. The van der Waals surface area contributed by atoms with Gasteiger partial charge in [-0.25, -0.2) is 0 Å². The van der Waals surface area contributed by atoms with Crippen LogP contribution in [-0.2, 0) is 6.42 Å². The predicted molar refractivity (Wildman–Crippen MR) is 51.6 cm³/mol.